The Hall–Kier alpha value is -0.700. The third kappa shape index (κ3) is 4.88. The molecule has 0 atom stereocenters. The average molecular weight is 262 g/mol. The molecular weight excluding hydrogens is 245 g/mol. The zero-order valence-electron chi connectivity index (χ0n) is 9.28. The molecule has 1 aromatic carbocycles. The van der Waals surface area contributed by atoms with Crippen molar-refractivity contribution in [1.29, 1.82) is 0 Å². The smallest absolute Gasteiger partial charge is 0.118 e. The summed E-state index contributed by atoms with van der Waals surface area (Å²) < 4.78 is 5.08. The van der Waals surface area contributed by atoms with E-state index in [9.17, 15) is 0 Å². The van der Waals surface area contributed by atoms with Crippen molar-refractivity contribution in [1.82, 2.24) is 0 Å². The van der Waals surface area contributed by atoms with Crippen LogP contribution in [0.25, 0.3) is 0 Å². The summed E-state index contributed by atoms with van der Waals surface area (Å²) in [7, 11) is 1.66. The van der Waals surface area contributed by atoms with Gasteiger partial charge in [-0.2, -0.15) is 0 Å². The molecule has 0 radical (unpaired) electrons. The van der Waals surface area contributed by atoms with Gasteiger partial charge in [0.1, 0.15) is 5.75 Å². The van der Waals surface area contributed by atoms with Gasteiger partial charge in [0, 0.05) is 12.1 Å². The van der Waals surface area contributed by atoms with E-state index in [0.717, 1.165) is 24.2 Å². The lowest BCUT2D eigenvalue weighted by molar-refractivity contribution is 0.414. The zero-order chi connectivity index (χ0) is 11.1. The maximum Gasteiger partial charge on any atom is 0.118 e. The molecule has 1 rings (SSSR count). The van der Waals surface area contributed by atoms with Crippen molar-refractivity contribution in [2.75, 3.05) is 13.7 Å². The van der Waals surface area contributed by atoms with Gasteiger partial charge in [0.2, 0.25) is 0 Å². The predicted octanol–water partition coefficient (Wildman–Crippen LogP) is 3.13. The molecule has 0 aliphatic heterocycles. The van der Waals surface area contributed by atoms with E-state index in [2.05, 4.69) is 12.1 Å². The quantitative estimate of drug-likeness (QED) is 0.884. The topological polar surface area (TPSA) is 35.2 Å². The minimum Gasteiger partial charge on any atom is -0.497 e. The molecule has 1 aromatic rings. The molecule has 0 bridgehead atoms. The molecule has 90 valence electrons. The summed E-state index contributed by atoms with van der Waals surface area (Å²) in [5.74, 6) is 0.880. The molecule has 0 unspecified atom stereocenters. The van der Waals surface area contributed by atoms with Crippen molar-refractivity contribution in [3.05, 3.63) is 40.9 Å². The van der Waals surface area contributed by atoms with Gasteiger partial charge in [0.05, 0.1) is 7.11 Å². The van der Waals surface area contributed by atoms with Crippen molar-refractivity contribution >= 4 is 24.0 Å². The van der Waals surface area contributed by atoms with Gasteiger partial charge in [-0.05, 0) is 36.1 Å². The standard InChI is InChI=1S/C12H16ClNO.ClH/c1-15-12-6-4-10(5-7-12)2-3-11(8-13)9-14;/h4-8H,2-3,9,14H2,1H3;1H. The van der Waals surface area contributed by atoms with Crippen LogP contribution in [0.4, 0.5) is 0 Å². The largest absolute Gasteiger partial charge is 0.497 e. The van der Waals surface area contributed by atoms with Crippen LogP contribution in [0.5, 0.6) is 5.75 Å². The first-order valence-electron chi connectivity index (χ1n) is 4.91. The molecule has 0 saturated carbocycles. The summed E-state index contributed by atoms with van der Waals surface area (Å²) in [5, 5.41) is 0. The monoisotopic (exact) mass is 261 g/mol. The highest BCUT2D eigenvalue weighted by Crippen LogP contribution is 2.14. The van der Waals surface area contributed by atoms with E-state index in [-0.39, 0.29) is 12.4 Å². The van der Waals surface area contributed by atoms with Crippen molar-refractivity contribution in [2.24, 2.45) is 5.73 Å². The molecule has 0 aromatic heterocycles. The normalized spacial score (nSPS) is 10.8. The van der Waals surface area contributed by atoms with Gasteiger partial charge < -0.3 is 10.5 Å². The first kappa shape index (κ1) is 15.3. The number of nitrogens with two attached hydrogens (primary N) is 1. The lowest BCUT2D eigenvalue weighted by Crippen LogP contribution is -2.03. The minimum absolute atomic E-state index is 0. The second-order valence-electron chi connectivity index (χ2n) is 3.32. The van der Waals surface area contributed by atoms with E-state index in [1.54, 1.807) is 12.6 Å². The molecule has 0 amide bonds. The Labute approximate surface area is 108 Å². The molecule has 0 saturated heterocycles. The van der Waals surface area contributed by atoms with Crippen LogP contribution < -0.4 is 10.5 Å². The Morgan fingerprint density at radius 1 is 1.38 bits per heavy atom. The molecule has 2 nitrogen and oxygen atoms in total. The van der Waals surface area contributed by atoms with Crippen LogP contribution in [-0.2, 0) is 6.42 Å². The van der Waals surface area contributed by atoms with Crippen LogP contribution in [-0.4, -0.2) is 13.7 Å². The fourth-order valence-electron chi connectivity index (χ4n) is 1.30. The van der Waals surface area contributed by atoms with Gasteiger partial charge >= 0.3 is 0 Å². The van der Waals surface area contributed by atoms with Crippen molar-refractivity contribution in [3.63, 3.8) is 0 Å². The molecule has 0 aliphatic rings. The fourth-order valence-corrected chi connectivity index (χ4v) is 1.50. The third-order valence-corrected chi connectivity index (χ3v) is 2.62. The average Bonchev–Trinajstić information content (AvgIpc) is 2.31. The fraction of sp³-hybridized carbons (Fsp3) is 0.333. The van der Waals surface area contributed by atoms with E-state index in [1.165, 1.54) is 5.56 Å². The molecule has 16 heavy (non-hydrogen) atoms. The Kier molecular flexibility index (Phi) is 8.08. The summed E-state index contributed by atoms with van der Waals surface area (Å²) in [4.78, 5) is 0. The zero-order valence-corrected chi connectivity index (χ0v) is 10.9. The molecule has 2 N–H and O–H groups in total. The molecule has 0 fully saturated rings. The SMILES string of the molecule is COc1ccc(CCC(=CCl)CN)cc1.Cl. The Morgan fingerprint density at radius 3 is 2.44 bits per heavy atom. The highest BCUT2D eigenvalue weighted by Gasteiger charge is 1.97. The highest BCUT2D eigenvalue weighted by atomic mass is 35.5. The first-order chi connectivity index (χ1) is 7.30. The van der Waals surface area contributed by atoms with Gasteiger partial charge in [0.15, 0.2) is 0 Å². The summed E-state index contributed by atoms with van der Waals surface area (Å²) >= 11 is 5.62. The predicted molar refractivity (Wildman–Crippen MR) is 71.6 cm³/mol. The Bertz CT molecular complexity index is 322. The lowest BCUT2D eigenvalue weighted by atomic mass is 10.1. The van der Waals surface area contributed by atoms with Gasteiger partial charge in [-0.1, -0.05) is 23.7 Å². The number of halogens is 2. The van der Waals surface area contributed by atoms with E-state index in [0.29, 0.717) is 6.54 Å². The van der Waals surface area contributed by atoms with Crippen LogP contribution >= 0.6 is 24.0 Å². The molecule has 0 spiro atoms. The second kappa shape index (κ2) is 8.45. The number of rotatable bonds is 5. The number of methoxy groups -OCH3 is 1. The van der Waals surface area contributed by atoms with Gasteiger partial charge in [0.25, 0.3) is 0 Å². The van der Waals surface area contributed by atoms with Crippen molar-refractivity contribution in [3.8, 4) is 5.75 Å². The number of benzene rings is 1. The third-order valence-electron chi connectivity index (χ3n) is 2.31. The maximum atomic E-state index is 5.62. The van der Waals surface area contributed by atoms with Crippen molar-refractivity contribution < 1.29 is 4.74 Å². The Balaban J connectivity index is 0.00000225. The van der Waals surface area contributed by atoms with Crippen molar-refractivity contribution in [2.45, 2.75) is 12.8 Å². The van der Waals surface area contributed by atoms with Crippen LogP contribution in [0.15, 0.2) is 35.4 Å². The minimum atomic E-state index is 0. The molecule has 0 heterocycles. The number of ether oxygens (including phenoxy) is 1. The summed E-state index contributed by atoms with van der Waals surface area (Å²) in [5.41, 5.74) is 9.43. The summed E-state index contributed by atoms with van der Waals surface area (Å²) in [6.45, 7) is 0.527. The highest BCUT2D eigenvalue weighted by molar-refractivity contribution is 6.25. The van der Waals surface area contributed by atoms with Gasteiger partial charge in [-0.25, -0.2) is 0 Å². The second-order valence-corrected chi connectivity index (χ2v) is 3.54. The van der Waals surface area contributed by atoms with Crippen LogP contribution in [0, 0.1) is 0 Å². The summed E-state index contributed by atoms with van der Waals surface area (Å²) in [6, 6.07) is 8.03. The van der Waals surface area contributed by atoms with Crippen LogP contribution in [0.3, 0.4) is 0 Å². The number of hydrogen-bond donors (Lipinski definition) is 1. The number of hydrogen-bond acceptors (Lipinski definition) is 2. The van der Waals surface area contributed by atoms with E-state index >= 15 is 0 Å². The van der Waals surface area contributed by atoms with Crippen LogP contribution in [0.1, 0.15) is 12.0 Å². The lowest BCUT2D eigenvalue weighted by Gasteiger charge is -2.04. The van der Waals surface area contributed by atoms with E-state index < -0.39 is 0 Å². The maximum absolute atomic E-state index is 5.62. The number of aryl methyl sites for hydroxylation is 1. The van der Waals surface area contributed by atoms with E-state index in [1.807, 2.05) is 12.1 Å². The van der Waals surface area contributed by atoms with Gasteiger partial charge in [-0.15, -0.1) is 12.4 Å². The molecule has 0 aliphatic carbocycles. The first-order valence-corrected chi connectivity index (χ1v) is 5.35. The molecular formula is C12H17Cl2NO. The summed E-state index contributed by atoms with van der Waals surface area (Å²) in [6.07, 6.45) is 1.87. The van der Waals surface area contributed by atoms with E-state index in [4.69, 9.17) is 22.1 Å². The van der Waals surface area contributed by atoms with Crippen LogP contribution in [0.2, 0.25) is 0 Å². The van der Waals surface area contributed by atoms with Gasteiger partial charge in [-0.3, -0.25) is 0 Å². The molecule has 4 heteroatoms. The Morgan fingerprint density at radius 2 is 2.00 bits per heavy atom.